The molecule has 0 bridgehead atoms. The van der Waals surface area contributed by atoms with Crippen molar-refractivity contribution >= 4 is 0 Å². The third kappa shape index (κ3) is 2.94. The lowest BCUT2D eigenvalue weighted by atomic mass is 10.1. The van der Waals surface area contributed by atoms with Crippen LogP contribution in [0, 0.1) is 0 Å². The molecule has 0 saturated heterocycles. The fourth-order valence-corrected chi connectivity index (χ4v) is 0.866. The van der Waals surface area contributed by atoms with Crippen LogP contribution < -0.4 is 0 Å². The zero-order chi connectivity index (χ0) is 9.19. The maximum absolute atomic E-state index is 12.3. The molecule has 1 rings (SSSR count). The van der Waals surface area contributed by atoms with Gasteiger partial charge in [0.05, 0.1) is 0 Å². The second kappa shape index (κ2) is 3.16. The fraction of sp³-hybridized carbons (Fsp3) is 0.429. The molecule has 0 spiro atoms. The van der Waals surface area contributed by atoms with E-state index < -0.39 is 12.2 Å². The van der Waals surface area contributed by atoms with E-state index in [1.54, 1.807) is 0 Å². The molecule has 0 aromatic rings. The van der Waals surface area contributed by atoms with Gasteiger partial charge in [0, 0.05) is 12.5 Å². The molecule has 1 aliphatic carbocycles. The Bertz CT molecular complexity index is 226. The Morgan fingerprint density at radius 3 is 2.50 bits per heavy atom. The first-order valence-electron chi connectivity index (χ1n) is 3.29. The summed E-state index contributed by atoms with van der Waals surface area (Å²) in [4.78, 5) is 0. The number of rotatable bonds is 1. The molecular weight excluding hydrogens is 176 g/mol. The molecule has 12 heavy (non-hydrogen) atoms. The van der Waals surface area contributed by atoms with E-state index in [-0.39, 0.29) is 18.6 Å². The zero-order valence-corrected chi connectivity index (χ0v) is 5.99. The van der Waals surface area contributed by atoms with Crippen LogP contribution in [0.2, 0.25) is 0 Å². The average Bonchev–Trinajstić information content (AvgIpc) is 1.82. The third-order valence-electron chi connectivity index (χ3n) is 1.28. The van der Waals surface area contributed by atoms with Gasteiger partial charge in [0.1, 0.15) is 11.6 Å². The van der Waals surface area contributed by atoms with Gasteiger partial charge < -0.3 is 4.74 Å². The summed E-state index contributed by atoms with van der Waals surface area (Å²) in [5.41, 5.74) is 0. The highest BCUT2D eigenvalue weighted by atomic mass is 19.4. The van der Waals surface area contributed by atoms with E-state index in [1.807, 2.05) is 0 Å². The van der Waals surface area contributed by atoms with Crippen molar-refractivity contribution in [1.29, 1.82) is 0 Å². The van der Waals surface area contributed by atoms with Crippen LogP contribution in [0.15, 0.2) is 23.7 Å². The Labute approximate surface area is 66.3 Å². The molecule has 5 heteroatoms. The summed E-state index contributed by atoms with van der Waals surface area (Å²) in [5.74, 6) is -1.05. The van der Waals surface area contributed by atoms with E-state index in [2.05, 4.69) is 4.74 Å². The second-order valence-electron chi connectivity index (χ2n) is 2.29. The highest BCUT2D eigenvalue weighted by Crippen LogP contribution is 2.26. The van der Waals surface area contributed by atoms with Gasteiger partial charge in [-0.05, 0) is 12.5 Å². The lowest BCUT2D eigenvalue weighted by molar-refractivity contribution is -0.306. The molecule has 0 atom stereocenters. The van der Waals surface area contributed by atoms with Gasteiger partial charge in [0.15, 0.2) is 0 Å². The van der Waals surface area contributed by atoms with Crippen molar-refractivity contribution in [2.75, 3.05) is 0 Å². The van der Waals surface area contributed by atoms with Crippen molar-refractivity contribution < 1.29 is 22.3 Å². The van der Waals surface area contributed by atoms with Gasteiger partial charge in [-0.15, -0.1) is 13.2 Å². The molecule has 0 saturated carbocycles. The van der Waals surface area contributed by atoms with E-state index in [4.69, 9.17) is 0 Å². The second-order valence-corrected chi connectivity index (χ2v) is 2.29. The van der Waals surface area contributed by atoms with Crippen LogP contribution >= 0.6 is 0 Å². The van der Waals surface area contributed by atoms with Gasteiger partial charge in [-0.1, -0.05) is 0 Å². The maximum atomic E-state index is 12.3. The van der Waals surface area contributed by atoms with E-state index >= 15 is 0 Å². The van der Waals surface area contributed by atoms with Gasteiger partial charge in [-0.3, -0.25) is 0 Å². The molecule has 0 aromatic heterocycles. The zero-order valence-electron chi connectivity index (χ0n) is 5.99. The van der Waals surface area contributed by atoms with Gasteiger partial charge in [-0.2, -0.15) is 0 Å². The van der Waals surface area contributed by atoms with Crippen LogP contribution in [0.5, 0.6) is 0 Å². The Kier molecular flexibility index (Phi) is 2.40. The summed E-state index contributed by atoms with van der Waals surface area (Å²) in [6.07, 6.45) is -2.43. The molecule has 0 N–H and O–H groups in total. The summed E-state index contributed by atoms with van der Waals surface area (Å²) in [6, 6.07) is 0. The quantitative estimate of drug-likeness (QED) is 0.566. The molecule has 0 heterocycles. The van der Waals surface area contributed by atoms with Crippen molar-refractivity contribution in [3.63, 3.8) is 0 Å². The first-order chi connectivity index (χ1) is 5.47. The minimum Gasteiger partial charge on any atom is -0.410 e. The van der Waals surface area contributed by atoms with Crippen LogP contribution in [-0.2, 0) is 4.74 Å². The van der Waals surface area contributed by atoms with Gasteiger partial charge in [-0.25, -0.2) is 4.39 Å². The lowest BCUT2D eigenvalue weighted by Crippen LogP contribution is -2.13. The predicted molar refractivity (Wildman–Crippen MR) is 33.6 cm³/mol. The van der Waals surface area contributed by atoms with Gasteiger partial charge >= 0.3 is 6.36 Å². The minimum atomic E-state index is -4.72. The number of hydrogen-bond donors (Lipinski definition) is 0. The lowest BCUT2D eigenvalue weighted by Gasteiger charge is -2.13. The van der Waals surface area contributed by atoms with Crippen LogP contribution in [0.3, 0.4) is 0 Å². The average molecular weight is 182 g/mol. The molecule has 68 valence electrons. The maximum Gasteiger partial charge on any atom is 0.572 e. The van der Waals surface area contributed by atoms with Crippen molar-refractivity contribution in [3.05, 3.63) is 23.7 Å². The SMILES string of the molecule is FC1=CCCC(OC(F)(F)F)=C1. The fourth-order valence-electron chi connectivity index (χ4n) is 0.866. The van der Waals surface area contributed by atoms with Crippen LogP contribution in [0.1, 0.15) is 12.8 Å². The molecule has 1 nitrogen and oxygen atoms in total. The standard InChI is InChI=1S/C7H6F4O/c8-5-2-1-3-6(4-5)12-7(9,10)11/h2,4H,1,3H2. The van der Waals surface area contributed by atoms with Gasteiger partial charge in [0.2, 0.25) is 0 Å². The summed E-state index contributed by atoms with van der Waals surface area (Å²) >= 11 is 0. The van der Waals surface area contributed by atoms with E-state index in [1.165, 1.54) is 6.08 Å². The number of ether oxygens (including phenoxy) is 1. The molecule has 0 aliphatic heterocycles. The Balaban J connectivity index is 2.59. The smallest absolute Gasteiger partial charge is 0.410 e. The highest BCUT2D eigenvalue weighted by Gasteiger charge is 2.32. The highest BCUT2D eigenvalue weighted by molar-refractivity contribution is 5.19. The van der Waals surface area contributed by atoms with Crippen LogP contribution in [-0.4, -0.2) is 6.36 Å². The molecular formula is C7H6F4O. The third-order valence-corrected chi connectivity index (χ3v) is 1.28. The van der Waals surface area contributed by atoms with E-state index in [0.717, 1.165) is 6.08 Å². The van der Waals surface area contributed by atoms with Crippen molar-refractivity contribution in [2.24, 2.45) is 0 Å². The van der Waals surface area contributed by atoms with Crippen molar-refractivity contribution in [1.82, 2.24) is 0 Å². The molecule has 0 aromatic carbocycles. The normalized spacial score (nSPS) is 18.3. The molecule has 0 radical (unpaired) electrons. The number of hydrogen-bond acceptors (Lipinski definition) is 1. The summed E-state index contributed by atoms with van der Waals surface area (Å²) < 4.78 is 50.6. The van der Waals surface area contributed by atoms with Crippen molar-refractivity contribution in [3.8, 4) is 0 Å². The molecule has 0 unspecified atom stereocenters. The molecule has 0 fully saturated rings. The first-order valence-corrected chi connectivity index (χ1v) is 3.29. The molecule has 0 amide bonds. The predicted octanol–water partition coefficient (Wildman–Crippen LogP) is 3.05. The monoisotopic (exact) mass is 182 g/mol. The molecule has 1 aliphatic rings. The topological polar surface area (TPSA) is 9.23 Å². The summed E-state index contributed by atoms with van der Waals surface area (Å²) in [6.45, 7) is 0. The van der Waals surface area contributed by atoms with Crippen molar-refractivity contribution in [2.45, 2.75) is 19.2 Å². The number of halogens is 4. The Morgan fingerprint density at radius 2 is 2.00 bits per heavy atom. The first kappa shape index (κ1) is 9.09. The van der Waals surface area contributed by atoms with Crippen LogP contribution in [0.25, 0.3) is 0 Å². The van der Waals surface area contributed by atoms with Gasteiger partial charge in [0.25, 0.3) is 0 Å². The van der Waals surface area contributed by atoms with E-state index in [0.29, 0.717) is 0 Å². The largest absolute Gasteiger partial charge is 0.572 e. The van der Waals surface area contributed by atoms with E-state index in [9.17, 15) is 17.6 Å². The number of alkyl halides is 3. The Hall–Kier alpha value is -1.00. The van der Waals surface area contributed by atoms with Crippen LogP contribution in [0.4, 0.5) is 17.6 Å². The minimum absolute atomic E-state index is 0.0902. The Morgan fingerprint density at radius 1 is 1.33 bits per heavy atom. The summed E-state index contributed by atoms with van der Waals surface area (Å²) in [7, 11) is 0. The summed E-state index contributed by atoms with van der Waals surface area (Å²) in [5, 5.41) is 0. The number of allylic oxidation sites excluding steroid dienone is 4.